The Balaban J connectivity index is 1.68. The molecule has 3 heteroatoms. The maximum atomic E-state index is 2.71. The Bertz CT molecular complexity index is 909. The van der Waals surface area contributed by atoms with Crippen molar-refractivity contribution in [3.8, 4) is 0 Å². The minimum Gasteiger partial charge on any atom is -0.0808 e. The number of hydrogen-bond acceptors (Lipinski definition) is 0. The summed E-state index contributed by atoms with van der Waals surface area (Å²) in [6.07, 6.45) is 22.5. The van der Waals surface area contributed by atoms with Crippen LogP contribution in [0, 0.1) is 17.8 Å². The molecular weight excluding hydrogens is 421 g/mol. The molecule has 168 valence electrons. The highest BCUT2D eigenvalue weighted by molar-refractivity contribution is 6.87. The van der Waals surface area contributed by atoms with Gasteiger partial charge in [-0.1, -0.05) is 112 Å². The van der Waals surface area contributed by atoms with Crippen LogP contribution >= 0.6 is 0 Å². The fourth-order valence-electron chi connectivity index (χ4n) is 6.82. The zero-order valence-corrected chi connectivity index (χ0v) is 24.3. The Morgan fingerprint density at radius 1 is 0.871 bits per heavy atom. The lowest BCUT2D eigenvalue weighted by Gasteiger charge is -2.37. The van der Waals surface area contributed by atoms with Gasteiger partial charge in [-0.15, -0.1) is 0 Å². The quantitative estimate of drug-likeness (QED) is 0.344. The summed E-state index contributed by atoms with van der Waals surface area (Å²) >= 11 is 0. The highest BCUT2D eigenvalue weighted by Crippen LogP contribution is 2.58. The van der Waals surface area contributed by atoms with Crippen molar-refractivity contribution >= 4 is 24.2 Å². The van der Waals surface area contributed by atoms with Crippen LogP contribution in [0.15, 0.2) is 70.5 Å². The second-order valence-electron chi connectivity index (χ2n) is 13.5. The normalized spacial score (nSPS) is 30.5. The molecule has 1 fully saturated rings. The van der Waals surface area contributed by atoms with Gasteiger partial charge in [-0.2, -0.15) is 0 Å². The van der Waals surface area contributed by atoms with Crippen molar-refractivity contribution in [1.29, 1.82) is 0 Å². The fourth-order valence-corrected chi connectivity index (χ4v) is 14.3. The Labute approximate surface area is 195 Å². The van der Waals surface area contributed by atoms with Crippen LogP contribution in [0.1, 0.15) is 12.8 Å². The lowest BCUT2D eigenvalue weighted by Crippen LogP contribution is -2.38. The van der Waals surface area contributed by atoms with Crippen molar-refractivity contribution in [3.05, 3.63) is 70.5 Å². The standard InChI is InChI=1S/C28H44Si3/c1-29(2,3)19-21-17-27(25-15-11-9-13-23(21)25)31(7,8)28-18-22(20-30(4,5)6)24-14-10-12-16-26(24)28/h9-11,13-16,18,21,23,25,27H,12,17,19-20H2,1-8H3. The molecular formula is C28H44Si3. The van der Waals surface area contributed by atoms with Crippen LogP contribution < -0.4 is 0 Å². The smallest absolute Gasteiger partial charge is 0.0808 e. The average Bonchev–Trinajstić information content (AvgIpc) is 3.20. The van der Waals surface area contributed by atoms with Crippen molar-refractivity contribution in [1.82, 2.24) is 0 Å². The van der Waals surface area contributed by atoms with E-state index in [1.807, 2.05) is 0 Å². The Hall–Kier alpha value is -0.909. The topological polar surface area (TPSA) is 0 Å². The average molecular weight is 465 g/mol. The summed E-state index contributed by atoms with van der Waals surface area (Å²) in [5.41, 5.74) is 5.74. The molecule has 0 aliphatic heterocycles. The molecule has 0 N–H and O–H groups in total. The molecule has 0 heterocycles. The van der Waals surface area contributed by atoms with E-state index >= 15 is 0 Å². The zero-order valence-electron chi connectivity index (χ0n) is 21.3. The Morgan fingerprint density at radius 2 is 1.55 bits per heavy atom. The molecule has 0 nitrogen and oxygen atoms in total. The van der Waals surface area contributed by atoms with Gasteiger partial charge in [0.1, 0.15) is 0 Å². The summed E-state index contributed by atoms with van der Waals surface area (Å²) in [6, 6.07) is 2.80. The molecule has 31 heavy (non-hydrogen) atoms. The van der Waals surface area contributed by atoms with Gasteiger partial charge < -0.3 is 0 Å². The van der Waals surface area contributed by atoms with E-state index in [1.165, 1.54) is 18.5 Å². The minimum absolute atomic E-state index is 0.762. The molecule has 4 aliphatic rings. The summed E-state index contributed by atoms with van der Waals surface area (Å²) in [5, 5.41) is 1.78. The van der Waals surface area contributed by atoms with Crippen molar-refractivity contribution in [3.63, 3.8) is 0 Å². The van der Waals surface area contributed by atoms with Gasteiger partial charge in [-0.05, 0) is 58.9 Å². The first kappa shape index (κ1) is 23.3. The van der Waals surface area contributed by atoms with E-state index in [1.54, 1.807) is 21.9 Å². The van der Waals surface area contributed by atoms with Crippen LogP contribution in [0.25, 0.3) is 0 Å². The van der Waals surface area contributed by atoms with Gasteiger partial charge in [0.15, 0.2) is 0 Å². The molecule has 4 atom stereocenters. The third-order valence-corrected chi connectivity index (χ3v) is 15.5. The summed E-state index contributed by atoms with van der Waals surface area (Å²) in [5.74, 6) is 2.44. The molecule has 4 aliphatic carbocycles. The summed E-state index contributed by atoms with van der Waals surface area (Å²) in [4.78, 5) is 0. The van der Waals surface area contributed by atoms with Crippen LogP contribution in [0.5, 0.6) is 0 Å². The maximum Gasteiger partial charge on any atom is 0.0851 e. The zero-order chi connectivity index (χ0) is 22.6. The second kappa shape index (κ2) is 8.14. The first-order valence-corrected chi connectivity index (χ1v) is 23.0. The summed E-state index contributed by atoms with van der Waals surface area (Å²) < 4.78 is 0. The van der Waals surface area contributed by atoms with E-state index in [4.69, 9.17) is 0 Å². The largest absolute Gasteiger partial charge is 0.0851 e. The second-order valence-corrected chi connectivity index (χ2v) is 29.2. The predicted octanol–water partition coefficient (Wildman–Crippen LogP) is 8.78. The van der Waals surface area contributed by atoms with Crippen LogP contribution in [0.4, 0.5) is 0 Å². The van der Waals surface area contributed by atoms with E-state index in [-0.39, 0.29) is 0 Å². The van der Waals surface area contributed by atoms with Crippen LogP contribution in [-0.2, 0) is 0 Å². The SMILES string of the molecule is C[Si](C)(C)CC1=C2C=CCC=C2C([Si](C)(C)C2CC(C[Si](C)(C)C)C3C=CC=CC32)=C1. The first-order valence-electron chi connectivity index (χ1n) is 12.5. The number of rotatable bonds is 6. The molecule has 0 aromatic rings. The number of fused-ring (bicyclic) bond motifs is 2. The molecule has 0 saturated heterocycles. The highest BCUT2D eigenvalue weighted by Gasteiger charge is 2.51. The maximum absolute atomic E-state index is 2.71. The van der Waals surface area contributed by atoms with E-state index in [9.17, 15) is 0 Å². The van der Waals surface area contributed by atoms with Crippen LogP contribution in [0.2, 0.25) is 70.0 Å². The number of allylic oxidation sites excluding steroid dienone is 12. The predicted molar refractivity (Wildman–Crippen MR) is 148 cm³/mol. The Morgan fingerprint density at radius 3 is 2.19 bits per heavy atom. The monoisotopic (exact) mass is 464 g/mol. The summed E-state index contributed by atoms with van der Waals surface area (Å²) in [6.45, 7) is 20.7. The molecule has 0 spiro atoms. The van der Waals surface area contributed by atoms with E-state index < -0.39 is 24.2 Å². The van der Waals surface area contributed by atoms with Crippen LogP contribution in [0.3, 0.4) is 0 Å². The Kier molecular flexibility index (Phi) is 6.11. The molecule has 0 aromatic carbocycles. The minimum atomic E-state index is -1.63. The van der Waals surface area contributed by atoms with E-state index in [2.05, 4.69) is 101 Å². The van der Waals surface area contributed by atoms with Crippen molar-refractivity contribution in [2.45, 2.75) is 82.8 Å². The van der Waals surface area contributed by atoms with Gasteiger partial charge in [0.25, 0.3) is 0 Å². The van der Waals surface area contributed by atoms with E-state index in [0.717, 1.165) is 29.7 Å². The van der Waals surface area contributed by atoms with Gasteiger partial charge in [0.2, 0.25) is 0 Å². The van der Waals surface area contributed by atoms with Gasteiger partial charge in [0.05, 0.1) is 8.07 Å². The van der Waals surface area contributed by atoms with Crippen molar-refractivity contribution in [2.24, 2.45) is 17.8 Å². The molecule has 0 bridgehead atoms. The molecule has 4 rings (SSSR count). The highest BCUT2D eigenvalue weighted by atomic mass is 28.3. The van der Waals surface area contributed by atoms with Crippen LogP contribution in [-0.4, -0.2) is 24.2 Å². The van der Waals surface area contributed by atoms with Gasteiger partial charge in [-0.25, -0.2) is 0 Å². The molecule has 0 aromatic heterocycles. The lowest BCUT2D eigenvalue weighted by atomic mass is 9.87. The van der Waals surface area contributed by atoms with Gasteiger partial charge >= 0.3 is 0 Å². The molecule has 0 radical (unpaired) electrons. The lowest BCUT2D eigenvalue weighted by molar-refractivity contribution is 0.446. The summed E-state index contributed by atoms with van der Waals surface area (Å²) in [7, 11) is -3.84. The third-order valence-electron chi connectivity index (χ3n) is 7.99. The van der Waals surface area contributed by atoms with Crippen molar-refractivity contribution in [2.75, 3.05) is 0 Å². The molecule has 4 unspecified atom stereocenters. The first-order chi connectivity index (χ1) is 14.4. The third kappa shape index (κ3) is 4.74. The molecule has 1 saturated carbocycles. The number of hydrogen-bond donors (Lipinski definition) is 0. The van der Waals surface area contributed by atoms with Crippen molar-refractivity contribution < 1.29 is 0 Å². The fraction of sp³-hybridized carbons (Fsp3) is 0.571. The van der Waals surface area contributed by atoms with Gasteiger partial charge in [0, 0.05) is 16.1 Å². The molecule has 0 amide bonds. The van der Waals surface area contributed by atoms with Gasteiger partial charge in [-0.3, -0.25) is 0 Å². The van der Waals surface area contributed by atoms with E-state index in [0.29, 0.717) is 0 Å².